The first kappa shape index (κ1) is 20.9. The first-order valence-corrected chi connectivity index (χ1v) is 10.6. The number of piperazine rings is 1. The lowest BCUT2D eigenvalue weighted by Gasteiger charge is -2.34. The third kappa shape index (κ3) is 4.45. The summed E-state index contributed by atoms with van der Waals surface area (Å²) >= 11 is 0. The average molecular weight is 425 g/mol. The van der Waals surface area contributed by atoms with Gasteiger partial charge in [0.1, 0.15) is 17.3 Å². The van der Waals surface area contributed by atoms with Gasteiger partial charge in [0.05, 0.1) is 10.6 Å². The van der Waals surface area contributed by atoms with Crippen molar-refractivity contribution in [3.63, 3.8) is 0 Å². The molecule has 1 fully saturated rings. The number of aryl methyl sites for hydroxylation is 3. The molecule has 0 spiro atoms. The highest BCUT2D eigenvalue weighted by Gasteiger charge is 2.32. The highest BCUT2D eigenvalue weighted by atomic mass is 32.2. The minimum Gasteiger partial charge on any atom is -0.340 e. The Morgan fingerprint density at radius 1 is 1.21 bits per heavy atom. The molecule has 0 aromatic carbocycles. The second kappa shape index (κ2) is 8.29. The predicted octanol–water partition coefficient (Wildman–Crippen LogP) is 0.239. The SMILES string of the molecule is CCn1cc(S(=O)(=O)N2CCN(C(=O)CCn3cc([N+](=O)[O-])cn3)CC2)c(C)n1. The van der Waals surface area contributed by atoms with Crippen molar-refractivity contribution in [2.45, 2.75) is 38.3 Å². The molecule has 29 heavy (non-hydrogen) atoms. The first-order valence-electron chi connectivity index (χ1n) is 9.21. The van der Waals surface area contributed by atoms with Crippen molar-refractivity contribution in [2.24, 2.45) is 0 Å². The van der Waals surface area contributed by atoms with Crippen molar-refractivity contribution in [2.75, 3.05) is 26.2 Å². The van der Waals surface area contributed by atoms with Gasteiger partial charge in [-0.25, -0.2) is 8.42 Å². The molecule has 2 aromatic rings. The van der Waals surface area contributed by atoms with Crippen LogP contribution in [0.4, 0.5) is 5.69 Å². The van der Waals surface area contributed by atoms with E-state index >= 15 is 0 Å². The molecule has 3 heterocycles. The van der Waals surface area contributed by atoms with E-state index in [-0.39, 0.29) is 55.6 Å². The molecule has 0 radical (unpaired) electrons. The largest absolute Gasteiger partial charge is 0.340 e. The third-order valence-electron chi connectivity index (χ3n) is 4.82. The molecule has 2 aromatic heterocycles. The molecule has 12 nitrogen and oxygen atoms in total. The lowest BCUT2D eigenvalue weighted by molar-refractivity contribution is -0.385. The number of sulfonamides is 1. The molecule has 13 heteroatoms. The number of amides is 1. The summed E-state index contributed by atoms with van der Waals surface area (Å²) in [5.74, 6) is -0.143. The van der Waals surface area contributed by atoms with E-state index in [1.54, 1.807) is 16.5 Å². The third-order valence-corrected chi connectivity index (χ3v) is 6.82. The van der Waals surface area contributed by atoms with Gasteiger partial charge in [-0.05, 0) is 13.8 Å². The molecule has 0 bridgehead atoms. The Bertz CT molecular complexity index is 1000. The van der Waals surface area contributed by atoms with Crippen molar-refractivity contribution in [3.05, 3.63) is 34.4 Å². The Hall–Kier alpha value is -2.80. The highest BCUT2D eigenvalue weighted by molar-refractivity contribution is 7.89. The van der Waals surface area contributed by atoms with Crippen LogP contribution in [0.1, 0.15) is 19.0 Å². The lowest BCUT2D eigenvalue weighted by Crippen LogP contribution is -2.50. The second-order valence-corrected chi connectivity index (χ2v) is 8.59. The summed E-state index contributed by atoms with van der Waals surface area (Å²) < 4.78 is 30.1. The number of nitro groups is 1. The summed E-state index contributed by atoms with van der Waals surface area (Å²) in [6, 6.07) is 0. The Balaban J connectivity index is 1.55. The van der Waals surface area contributed by atoms with Crippen LogP contribution in [0.3, 0.4) is 0 Å². The number of aromatic nitrogens is 4. The van der Waals surface area contributed by atoms with E-state index in [9.17, 15) is 23.3 Å². The maximum absolute atomic E-state index is 12.9. The molecular formula is C16H23N7O5S. The quantitative estimate of drug-likeness (QED) is 0.458. The zero-order chi connectivity index (χ0) is 21.2. The molecule has 3 rings (SSSR count). The molecule has 1 amide bonds. The summed E-state index contributed by atoms with van der Waals surface area (Å²) in [5.41, 5.74) is 0.330. The zero-order valence-electron chi connectivity index (χ0n) is 16.3. The Labute approximate surface area is 167 Å². The van der Waals surface area contributed by atoms with Crippen LogP contribution in [0.25, 0.3) is 0 Å². The lowest BCUT2D eigenvalue weighted by atomic mass is 10.3. The van der Waals surface area contributed by atoms with Crippen LogP contribution in [0.15, 0.2) is 23.5 Å². The van der Waals surface area contributed by atoms with Gasteiger partial charge in [-0.1, -0.05) is 0 Å². The van der Waals surface area contributed by atoms with E-state index in [1.807, 2.05) is 6.92 Å². The van der Waals surface area contributed by atoms with Gasteiger partial charge < -0.3 is 4.90 Å². The van der Waals surface area contributed by atoms with Crippen molar-refractivity contribution in [1.29, 1.82) is 0 Å². The summed E-state index contributed by atoms with van der Waals surface area (Å²) in [7, 11) is -3.66. The molecule has 1 saturated heterocycles. The van der Waals surface area contributed by atoms with Crippen LogP contribution in [0, 0.1) is 17.0 Å². The van der Waals surface area contributed by atoms with Gasteiger partial charge in [0, 0.05) is 51.9 Å². The van der Waals surface area contributed by atoms with Gasteiger partial charge in [-0.2, -0.15) is 14.5 Å². The van der Waals surface area contributed by atoms with E-state index in [1.165, 1.54) is 21.4 Å². The van der Waals surface area contributed by atoms with Crippen molar-refractivity contribution < 1.29 is 18.1 Å². The molecule has 0 aliphatic carbocycles. The molecule has 0 atom stereocenters. The smallest absolute Gasteiger partial charge is 0.306 e. The minimum absolute atomic E-state index is 0.127. The maximum Gasteiger partial charge on any atom is 0.306 e. The van der Waals surface area contributed by atoms with E-state index in [0.29, 0.717) is 12.2 Å². The summed E-state index contributed by atoms with van der Waals surface area (Å²) in [6.45, 7) is 5.35. The first-order chi connectivity index (χ1) is 13.7. The van der Waals surface area contributed by atoms with Gasteiger partial charge >= 0.3 is 5.69 Å². The number of nitrogens with zero attached hydrogens (tertiary/aromatic N) is 7. The number of rotatable bonds is 7. The van der Waals surface area contributed by atoms with Gasteiger partial charge in [0.15, 0.2) is 0 Å². The summed E-state index contributed by atoms with van der Waals surface area (Å²) in [5, 5.41) is 18.7. The molecule has 0 N–H and O–H groups in total. The predicted molar refractivity (Wildman–Crippen MR) is 101 cm³/mol. The molecule has 1 aliphatic heterocycles. The van der Waals surface area contributed by atoms with E-state index in [4.69, 9.17) is 0 Å². The fourth-order valence-corrected chi connectivity index (χ4v) is 4.76. The van der Waals surface area contributed by atoms with E-state index < -0.39 is 14.9 Å². The Kier molecular flexibility index (Phi) is 5.98. The van der Waals surface area contributed by atoms with E-state index in [0.717, 1.165) is 6.20 Å². The average Bonchev–Trinajstić information content (AvgIpc) is 3.33. The minimum atomic E-state index is -3.66. The van der Waals surface area contributed by atoms with Gasteiger partial charge in [-0.15, -0.1) is 0 Å². The fourth-order valence-electron chi connectivity index (χ4n) is 3.17. The van der Waals surface area contributed by atoms with Crippen LogP contribution >= 0.6 is 0 Å². The number of hydrogen-bond acceptors (Lipinski definition) is 7. The standard InChI is InChI=1S/C16H23N7O5S/c1-3-20-12-15(13(2)18-20)29(27,28)22-8-6-19(7-9-22)16(24)4-5-21-11-14(10-17-21)23(25)26/h10-12H,3-9H2,1-2H3. The van der Waals surface area contributed by atoms with Crippen molar-refractivity contribution in [3.8, 4) is 0 Å². The van der Waals surface area contributed by atoms with Gasteiger partial charge in [-0.3, -0.25) is 24.3 Å². The maximum atomic E-state index is 12.9. The molecule has 1 aliphatic rings. The Morgan fingerprint density at radius 2 is 1.90 bits per heavy atom. The second-order valence-electron chi connectivity index (χ2n) is 6.69. The molecule has 0 saturated carbocycles. The van der Waals surface area contributed by atoms with Crippen LogP contribution in [-0.4, -0.2) is 74.2 Å². The summed E-state index contributed by atoms with van der Waals surface area (Å²) in [4.78, 5) is 24.3. The number of carbonyl (C=O) groups is 1. The topological polar surface area (TPSA) is 136 Å². The van der Waals surface area contributed by atoms with Gasteiger partial charge in [0.2, 0.25) is 15.9 Å². The van der Waals surface area contributed by atoms with Crippen LogP contribution in [0.5, 0.6) is 0 Å². The molecule has 0 unspecified atom stereocenters. The van der Waals surface area contributed by atoms with Crippen LogP contribution in [0.2, 0.25) is 0 Å². The van der Waals surface area contributed by atoms with Crippen LogP contribution in [-0.2, 0) is 27.9 Å². The van der Waals surface area contributed by atoms with Crippen LogP contribution < -0.4 is 0 Å². The molecule has 158 valence electrons. The normalized spacial score (nSPS) is 15.6. The Morgan fingerprint density at radius 3 is 2.45 bits per heavy atom. The number of carbonyl (C=O) groups excluding carboxylic acids is 1. The monoisotopic (exact) mass is 425 g/mol. The van der Waals surface area contributed by atoms with Crippen molar-refractivity contribution >= 4 is 21.6 Å². The van der Waals surface area contributed by atoms with Crippen molar-refractivity contribution in [1.82, 2.24) is 28.8 Å². The van der Waals surface area contributed by atoms with E-state index in [2.05, 4.69) is 10.2 Å². The highest BCUT2D eigenvalue weighted by Crippen LogP contribution is 2.20. The van der Waals surface area contributed by atoms with Gasteiger partial charge in [0.25, 0.3) is 0 Å². The fraction of sp³-hybridized carbons (Fsp3) is 0.562. The number of hydrogen-bond donors (Lipinski definition) is 0. The summed E-state index contributed by atoms with van der Waals surface area (Å²) in [6.07, 6.45) is 4.08. The zero-order valence-corrected chi connectivity index (χ0v) is 17.1. The molecular weight excluding hydrogens is 402 g/mol.